The highest BCUT2D eigenvalue weighted by molar-refractivity contribution is 5.99. The second-order valence-electron chi connectivity index (χ2n) is 6.11. The number of aryl methyl sites for hydroxylation is 2. The molecule has 0 fully saturated rings. The van der Waals surface area contributed by atoms with E-state index >= 15 is 0 Å². The molecule has 0 spiro atoms. The maximum atomic E-state index is 12.4. The quantitative estimate of drug-likeness (QED) is 0.878. The zero-order valence-corrected chi connectivity index (χ0v) is 15.7. The molecule has 5 nitrogen and oxygen atoms in total. The Morgan fingerprint density at radius 3 is 2.20 bits per heavy atom. The molecule has 2 aromatic rings. The van der Waals surface area contributed by atoms with Crippen molar-refractivity contribution in [3.05, 3.63) is 64.7 Å². The lowest BCUT2D eigenvalue weighted by molar-refractivity contribution is -0.117. The van der Waals surface area contributed by atoms with Crippen molar-refractivity contribution in [3.8, 4) is 0 Å². The summed E-state index contributed by atoms with van der Waals surface area (Å²) in [5.41, 5.74) is 9.85. The lowest BCUT2D eigenvalue weighted by atomic mass is 10.0. The summed E-state index contributed by atoms with van der Waals surface area (Å²) in [6.07, 6.45) is 0. The van der Waals surface area contributed by atoms with E-state index in [2.05, 4.69) is 5.32 Å². The normalized spacial score (nSPS) is 11.2. The topological polar surface area (TPSA) is 75.4 Å². The molecule has 0 saturated carbocycles. The fraction of sp³-hybridized carbons (Fsp3) is 0.263. The lowest BCUT2D eigenvalue weighted by Gasteiger charge is -2.16. The van der Waals surface area contributed by atoms with E-state index in [0.717, 1.165) is 16.7 Å². The van der Waals surface area contributed by atoms with Crippen molar-refractivity contribution >= 4 is 29.9 Å². The first-order valence-corrected chi connectivity index (χ1v) is 7.75. The standard InChI is InChI=1S/C19H23N3O2.ClH/c1-12-5-8-14(9-6-12)17(20)18(23)21-15-10-7-13(2)16(11-15)19(24)22(3)4;/h5-11,17H,20H2,1-4H3,(H,21,23);1H. The SMILES string of the molecule is Cc1ccc(C(N)C(=O)Nc2ccc(C)c(C(=O)N(C)C)c2)cc1.Cl. The Bertz CT molecular complexity index is 758. The van der Waals surface area contributed by atoms with E-state index in [1.807, 2.05) is 44.2 Å². The third kappa shape index (κ3) is 5.05. The molecule has 25 heavy (non-hydrogen) atoms. The van der Waals surface area contributed by atoms with Gasteiger partial charge in [-0.2, -0.15) is 0 Å². The molecule has 1 atom stereocenters. The number of hydrogen-bond acceptors (Lipinski definition) is 3. The molecule has 1 unspecified atom stereocenters. The van der Waals surface area contributed by atoms with Crippen molar-refractivity contribution in [1.82, 2.24) is 4.90 Å². The van der Waals surface area contributed by atoms with Gasteiger partial charge >= 0.3 is 0 Å². The summed E-state index contributed by atoms with van der Waals surface area (Å²) in [6.45, 7) is 3.84. The average Bonchev–Trinajstić information content (AvgIpc) is 2.55. The van der Waals surface area contributed by atoms with E-state index < -0.39 is 6.04 Å². The lowest BCUT2D eigenvalue weighted by Crippen LogP contribution is -2.28. The van der Waals surface area contributed by atoms with E-state index in [4.69, 9.17) is 5.73 Å². The van der Waals surface area contributed by atoms with Crippen LogP contribution < -0.4 is 11.1 Å². The molecule has 0 saturated heterocycles. The molecule has 0 bridgehead atoms. The number of nitrogens with one attached hydrogen (secondary N) is 1. The molecule has 0 heterocycles. The van der Waals surface area contributed by atoms with Crippen molar-refractivity contribution in [2.24, 2.45) is 5.73 Å². The molecule has 0 aliphatic rings. The molecule has 0 radical (unpaired) electrons. The second kappa shape index (κ2) is 8.65. The summed E-state index contributed by atoms with van der Waals surface area (Å²) < 4.78 is 0. The molecule has 134 valence electrons. The summed E-state index contributed by atoms with van der Waals surface area (Å²) in [7, 11) is 3.39. The fourth-order valence-electron chi connectivity index (χ4n) is 2.32. The minimum Gasteiger partial charge on any atom is -0.345 e. The van der Waals surface area contributed by atoms with Crippen LogP contribution in [0.1, 0.15) is 33.1 Å². The van der Waals surface area contributed by atoms with Crippen molar-refractivity contribution in [3.63, 3.8) is 0 Å². The maximum Gasteiger partial charge on any atom is 0.253 e. The Labute approximate surface area is 154 Å². The van der Waals surface area contributed by atoms with E-state index in [9.17, 15) is 9.59 Å². The number of rotatable bonds is 4. The highest BCUT2D eigenvalue weighted by Crippen LogP contribution is 2.19. The highest BCUT2D eigenvalue weighted by Gasteiger charge is 2.17. The van der Waals surface area contributed by atoms with E-state index in [1.54, 1.807) is 26.2 Å². The third-order valence-corrected chi connectivity index (χ3v) is 3.86. The van der Waals surface area contributed by atoms with Crippen LogP contribution in [0.3, 0.4) is 0 Å². The number of benzene rings is 2. The molecule has 0 aliphatic carbocycles. The van der Waals surface area contributed by atoms with Gasteiger partial charge in [-0.05, 0) is 37.1 Å². The summed E-state index contributed by atoms with van der Waals surface area (Å²) in [5.74, 6) is -0.419. The van der Waals surface area contributed by atoms with Gasteiger partial charge < -0.3 is 16.0 Å². The van der Waals surface area contributed by atoms with Gasteiger partial charge in [0.2, 0.25) is 5.91 Å². The van der Waals surface area contributed by atoms with Crippen molar-refractivity contribution in [2.45, 2.75) is 19.9 Å². The molecule has 0 aromatic heterocycles. The number of hydrogen-bond donors (Lipinski definition) is 2. The van der Waals surface area contributed by atoms with Gasteiger partial charge in [0.25, 0.3) is 5.91 Å². The number of nitrogens with zero attached hydrogens (tertiary/aromatic N) is 1. The van der Waals surface area contributed by atoms with Crippen LogP contribution in [0, 0.1) is 13.8 Å². The van der Waals surface area contributed by atoms with Gasteiger partial charge in [0.1, 0.15) is 6.04 Å². The fourth-order valence-corrected chi connectivity index (χ4v) is 2.32. The third-order valence-electron chi connectivity index (χ3n) is 3.86. The monoisotopic (exact) mass is 361 g/mol. The first-order chi connectivity index (χ1) is 11.3. The number of halogens is 1. The highest BCUT2D eigenvalue weighted by atomic mass is 35.5. The second-order valence-corrected chi connectivity index (χ2v) is 6.11. The van der Waals surface area contributed by atoms with Gasteiger partial charge in [0, 0.05) is 25.3 Å². The number of anilines is 1. The Hall–Kier alpha value is -2.37. The summed E-state index contributed by atoms with van der Waals surface area (Å²) >= 11 is 0. The maximum absolute atomic E-state index is 12.4. The van der Waals surface area contributed by atoms with Gasteiger partial charge in [-0.1, -0.05) is 35.9 Å². The zero-order chi connectivity index (χ0) is 17.9. The van der Waals surface area contributed by atoms with E-state index in [1.165, 1.54) is 4.90 Å². The van der Waals surface area contributed by atoms with Crippen LogP contribution >= 0.6 is 12.4 Å². The summed E-state index contributed by atoms with van der Waals surface area (Å²) in [6, 6.07) is 12.0. The smallest absolute Gasteiger partial charge is 0.253 e. The minimum absolute atomic E-state index is 0. The molecular weight excluding hydrogens is 338 g/mol. The summed E-state index contributed by atoms with van der Waals surface area (Å²) in [5, 5.41) is 2.78. The largest absolute Gasteiger partial charge is 0.345 e. The van der Waals surface area contributed by atoms with Gasteiger partial charge in [-0.15, -0.1) is 12.4 Å². The molecule has 3 N–H and O–H groups in total. The molecule has 6 heteroatoms. The van der Waals surface area contributed by atoms with Crippen LogP contribution in [-0.4, -0.2) is 30.8 Å². The van der Waals surface area contributed by atoms with Gasteiger partial charge in [-0.3, -0.25) is 9.59 Å². The molecule has 2 rings (SSSR count). The van der Waals surface area contributed by atoms with Crippen LogP contribution in [0.4, 0.5) is 5.69 Å². The van der Waals surface area contributed by atoms with Crippen LogP contribution in [-0.2, 0) is 4.79 Å². The number of carbonyl (C=O) groups excluding carboxylic acids is 2. The van der Waals surface area contributed by atoms with E-state index in [-0.39, 0.29) is 24.2 Å². The number of nitrogens with two attached hydrogens (primary N) is 1. The van der Waals surface area contributed by atoms with Crippen LogP contribution in [0.15, 0.2) is 42.5 Å². The van der Waals surface area contributed by atoms with E-state index in [0.29, 0.717) is 11.3 Å². The Morgan fingerprint density at radius 1 is 1.04 bits per heavy atom. The average molecular weight is 362 g/mol. The Morgan fingerprint density at radius 2 is 1.64 bits per heavy atom. The van der Waals surface area contributed by atoms with Crippen LogP contribution in [0.25, 0.3) is 0 Å². The van der Waals surface area contributed by atoms with Gasteiger partial charge in [0.15, 0.2) is 0 Å². The summed E-state index contributed by atoms with van der Waals surface area (Å²) in [4.78, 5) is 26.1. The van der Waals surface area contributed by atoms with Gasteiger partial charge in [0.05, 0.1) is 0 Å². The predicted molar refractivity (Wildman–Crippen MR) is 103 cm³/mol. The first kappa shape index (κ1) is 20.7. The Balaban J connectivity index is 0.00000312. The van der Waals surface area contributed by atoms with Crippen molar-refractivity contribution < 1.29 is 9.59 Å². The molecule has 2 aromatic carbocycles. The molecule has 0 aliphatic heterocycles. The number of amides is 2. The Kier molecular flexibility index (Phi) is 7.15. The first-order valence-electron chi connectivity index (χ1n) is 7.75. The zero-order valence-electron chi connectivity index (χ0n) is 14.9. The number of carbonyl (C=O) groups is 2. The van der Waals surface area contributed by atoms with Gasteiger partial charge in [-0.25, -0.2) is 0 Å². The van der Waals surface area contributed by atoms with Crippen molar-refractivity contribution in [1.29, 1.82) is 0 Å². The molecular formula is C19H24ClN3O2. The van der Waals surface area contributed by atoms with Crippen LogP contribution in [0.2, 0.25) is 0 Å². The van der Waals surface area contributed by atoms with Crippen LogP contribution in [0.5, 0.6) is 0 Å². The predicted octanol–water partition coefficient (Wildman–Crippen LogP) is 3.07. The van der Waals surface area contributed by atoms with Crippen molar-refractivity contribution in [2.75, 3.05) is 19.4 Å². The molecule has 2 amide bonds. The minimum atomic E-state index is -0.764.